The molecule has 0 fully saturated rings. The van der Waals surface area contributed by atoms with Crippen LogP contribution in [0, 0.1) is 6.92 Å². The van der Waals surface area contributed by atoms with Crippen LogP contribution in [-0.4, -0.2) is 33.2 Å². The molecule has 0 saturated heterocycles. The predicted molar refractivity (Wildman–Crippen MR) is 106 cm³/mol. The molecule has 0 saturated carbocycles. The summed E-state index contributed by atoms with van der Waals surface area (Å²) in [5.41, 5.74) is 2.55. The smallest absolute Gasteiger partial charge is 0.240 e. The van der Waals surface area contributed by atoms with E-state index in [1.807, 2.05) is 44.2 Å². The number of hydrogen-bond acceptors (Lipinski definition) is 3. The van der Waals surface area contributed by atoms with E-state index >= 15 is 0 Å². The van der Waals surface area contributed by atoms with Crippen molar-refractivity contribution in [1.82, 2.24) is 5.32 Å². The molecule has 26 heavy (non-hydrogen) atoms. The highest BCUT2D eigenvalue weighted by molar-refractivity contribution is 7.92. The van der Waals surface area contributed by atoms with Gasteiger partial charge < -0.3 is 5.32 Å². The third-order valence-corrected chi connectivity index (χ3v) is 5.31. The SMILES string of the molecule is Cc1ccccc1N(CC(=O)N[C@@H](C)CCc1ccccc1)S(C)(=O)=O. The number of anilines is 1. The Balaban J connectivity index is 1.98. The van der Waals surface area contributed by atoms with Gasteiger partial charge in [0.2, 0.25) is 15.9 Å². The van der Waals surface area contributed by atoms with Gasteiger partial charge in [0.1, 0.15) is 6.54 Å². The van der Waals surface area contributed by atoms with Crippen molar-refractivity contribution >= 4 is 21.6 Å². The Labute approximate surface area is 156 Å². The lowest BCUT2D eigenvalue weighted by molar-refractivity contribution is -0.120. The molecule has 0 unspecified atom stereocenters. The number of amides is 1. The maximum Gasteiger partial charge on any atom is 0.240 e. The zero-order valence-electron chi connectivity index (χ0n) is 15.5. The molecule has 2 aromatic carbocycles. The summed E-state index contributed by atoms with van der Waals surface area (Å²) in [5, 5.41) is 2.90. The fourth-order valence-corrected chi connectivity index (χ4v) is 3.69. The quantitative estimate of drug-likeness (QED) is 0.773. The molecule has 0 bridgehead atoms. The van der Waals surface area contributed by atoms with Crippen LogP contribution in [0.1, 0.15) is 24.5 Å². The summed E-state index contributed by atoms with van der Waals surface area (Å²) < 4.78 is 25.5. The fourth-order valence-electron chi connectivity index (χ4n) is 2.78. The van der Waals surface area contributed by atoms with Gasteiger partial charge >= 0.3 is 0 Å². The van der Waals surface area contributed by atoms with Crippen LogP contribution < -0.4 is 9.62 Å². The lowest BCUT2D eigenvalue weighted by Crippen LogP contribution is -2.43. The Hall–Kier alpha value is -2.34. The van der Waals surface area contributed by atoms with Gasteiger partial charge in [-0.05, 0) is 43.9 Å². The Kier molecular flexibility index (Phi) is 6.80. The number of aryl methyl sites for hydroxylation is 2. The van der Waals surface area contributed by atoms with Crippen LogP contribution >= 0.6 is 0 Å². The van der Waals surface area contributed by atoms with Crippen LogP contribution in [0.25, 0.3) is 0 Å². The number of nitrogens with one attached hydrogen (secondary N) is 1. The highest BCUT2D eigenvalue weighted by atomic mass is 32.2. The summed E-state index contributed by atoms with van der Waals surface area (Å²) in [6.45, 7) is 3.53. The van der Waals surface area contributed by atoms with Gasteiger partial charge in [-0.3, -0.25) is 9.10 Å². The van der Waals surface area contributed by atoms with Gasteiger partial charge in [0.05, 0.1) is 11.9 Å². The van der Waals surface area contributed by atoms with E-state index in [4.69, 9.17) is 0 Å². The molecule has 140 valence electrons. The first kappa shape index (κ1) is 20.0. The van der Waals surface area contributed by atoms with Crippen molar-refractivity contribution < 1.29 is 13.2 Å². The number of rotatable bonds is 8. The molecule has 0 heterocycles. The Morgan fingerprint density at radius 3 is 2.31 bits per heavy atom. The van der Waals surface area contributed by atoms with Crippen molar-refractivity contribution in [2.45, 2.75) is 32.7 Å². The van der Waals surface area contributed by atoms with Crippen molar-refractivity contribution in [3.63, 3.8) is 0 Å². The van der Waals surface area contributed by atoms with Gasteiger partial charge in [-0.1, -0.05) is 48.5 Å². The average molecular weight is 375 g/mol. The number of benzene rings is 2. The normalized spacial score (nSPS) is 12.4. The molecule has 2 rings (SSSR count). The Morgan fingerprint density at radius 2 is 1.69 bits per heavy atom. The second-order valence-electron chi connectivity index (χ2n) is 6.55. The molecule has 5 nitrogen and oxygen atoms in total. The minimum atomic E-state index is -3.55. The van der Waals surface area contributed by atoms with E-state index in [0.29, 0.717) is 5.69 Å². The molecule has 1 atom stereocenters. The van der Waals surface area contributed by atoms with E-state index < -0.39 is 10.0 Å². The lowest BCUT2D eigenvalue weighted by Gasteiger charge is -2.24. The summed E-state index contributed by atoms with van der Waals surface area (Å²) in [4.78, 5) is 12.4. The summed E-state index contributed by atoms with van der Waals surface area (Å²) in [6, 6.07) is 17.2. The summed E-state index contributed by atoms with van der Waals surface area (Å²) in [5.74, 6) is -0.306. The first-order valence-corrected chi connectivity index (χ1v) is 10.5. The zero-order valence-corrected chi connectivity index (χ0v) is 16.3. The lowest BCUT2D eigenvalue weighted by atomic mass is 10.1. The standard InChI is InChI=1S/C20H26N2O3S/c1-16-9-7-8-12-19(16)22(26(3,24)25)15-20(23)21-17(2)13-14-18-10-5-4-6-11-18/h4-12,17H,13-15H2,1-3H3,(H,21,23)/t17-/m0/s1. The highest BCUT2D eigenvalue weighted by Gasteiger charge is 2.22. The van der Waals surface area contributed by atoms with Gasteiger partial charge in [0.15, 0.2) is 0 Å². The van der Waals surface area contributed by atoms with Gasteiger partial charge in [-0.2, -0.15) is 0 Å². The molecule has 0 radical (unpaired) electrons. The van der Waals surface area contributed by atoms with Crippen LogP contribution in [0.4, 0.5) is 5.69 Å². The van der Waals surface area contributed by atoms with Crippen LogP contribution in [0.3, 0.4) is 0 Å². The fraction of sp³-hybridized carbons (Fsp3) is 0.350. The average Bonchev–Trinajstić information content (AvgIpc) is 2.59. The zero-order chi connectivity index (χ0) is 19.2. The van der Waals surface area contributed by atoms with Crippen molar-refractivity contribution in [2.24, 2.45) is 0 Å². The molecule has 0 aliphatic rings. The van der Waals surface area contributed by atoms with Crippen LogP contribution in [0.15, 0.2) is 54.6 Å². The van der Waals surface area contributed by atoms with Crippen molar-refractivity contribution in [1.29, 1.82) is 0 Å². The number of para-hydroxylation sites is 1. The molecule has 0 aliphatic carbocycles. The molecular formula is C20H26N2O3S. The summed E-state index contributed by atoms with van der Waals surface area (Å²) in [7, 11) is -3.55. The van der Waals surface area contributed by atoms with Crippen LogP contribution in [0.5, 0.6) is 0 Å². The minimum Gasteiger partial charge on any atom is -0.352 e. The summed E-state index contributed by atoms with van der Waals surface area (Å²) in [6.07, 6.45) is 2.76. The van der Waals surface area contributed by atoms with Gasteiger partial charge in [-0.25, -0.2) is 8.42 Å². The maximum atomic E-state index is 12.4. The highest BCUT2D eigenvalue weighted by Crippen LogP contribution is 2.21. The monoisotopic (exact) mass is 374 g/mol. The van der Waals surface area contributed by atoms with E-state index in [9.17, 15) is 13.2 Å². The van der Waals surface area contributed by atoms with Crippen LogP contribution in [-0.2, 0) is 21.2 Å². The van der Waals surface area contributed by atoms with Gasteiger partial charge in [-0.15, -0.1) is 0 Å². The number of nitrogens with zero attached hydrogens (tertiary/aromatic N) is 1. The molecule has 1 N–H and O–H groups in total. The van der Waals surface area contributed by atoms with E-state index in [0.717, 1.165) is 29.0 Å². The molecular weight excluding hydrogens is 348 g/mol. The summed E-state index contributed by atoms with van der Waals surface area (Å²) >= 11 is 0. The third kappa shape index (κ3) is 5.88. The molecule has 1 amide bonds. The minimum absolute atomic E-state index is 0.0408. The molecule has 0 spiro atoms. The number of hydrogen-bond donors (Lipinski definition) is 1. The van der Waals surface area contributed by atoms with E-state index in [1.54, 1.807) is 12.1 Å². The Morgan fingerprint density at radius 1 is 1.08 bits per heavy atom. The number of sulfonamides is 1. The topological polar surface area (TPSA) is 66.5 Å². The number of carbonyl (C=O) groups is 1. The third-order valence-electron chi connectivity index (χ3n) is 4.19. The van der Waals surface area contributed by atoms with E-state index in [2.05, 4.69) is 17.4 Å². The molecule has 0 aliphatic heterocycles. The largest absolute Gasteiger partial charge is 0.352 e. The molecule has 2 aromatic rings. The first-order valence-electron chi connectivity index (χ1n) is 8.64. The van der Waals surface area contributed by atoms with Gasteiger partial charge in [0, 0.05) is 6.04 Å². The van der Waals surface area contributed by atoms with Gasteiger partial charge in [0.25, 0.3) is 0 Å². The second-order valence-corrected chi connectivity index (χ2v) is 8.46. The number of carbonyl (C=O) groups excluding carboxylic acids is 1. The van der Waals surface area contributed by atoms with Crippen LogP contribution in [0.2, 0.25) is 0 Å². The first-order chi connectivity index (χ1) is 12.3. The second kappa shape index (κ2) is 8.85. The van der Waals surface area contributed by atoms with E-state index in [-0.39, 0.29) is 18.5 Å². The molecule has 0 aromatic heterocycles. The van der Waals surface area contributed by atoms with E-state index in [1.165, 1.54) is 5.56 Å². The predicted octanol–water partition coefficient (Wildman–Crippen LogP) is 2.90. The molecule has 6 heteroatoms. The van der Waals surface area contributed by atoms with Crippen molar-refractivity contribution in [3.05, 3.63) is 65.7 Å². The maximum absolute atomic E-state index is 12.4. The van der Waals surface area contributed by atoms with Crippen molar-refractivity contribution in [3.8, 4) is 0 Å². The van der Waals surface area contributed by atoms with Crippen molar-refractivity contribution in [2.75, 3.05) is 17.1 Å². The Bertz CT molecular complexity index is 835.